The number of nitrogens with zero attached hydrogens (tertiary/aromatic N) is 2. The summed E-state index contributed by atoms with van der Waals surface area (Å²) in [4.78, 5) is 6.87. The first-order valence-electron chi connectivity index (χ1n) is 5.50. The van der Waals surface area contributed by atoms with Crippen molar-refractivity contribution >= 4 is 16.7 Å². The second kappa shape index (κ2) is 3.76. The van der Waals surface area contributed by atoms with Crippen molar-refractivity contribution in [2.24, 2.45) is 0 Å². The summed E-state index contributed by atoms with van der Waals surface area (Å²) < 4.78 is 5.26. The van der Waals surface area contributed by atoms with Gasteiger partial charge in [-0.15, -0.1) is 0 Å². The number of rotatable bonds is 2. The first-order chi connectivity index (χ1) is 7.86. The van der Waals surface area contributed by atoms with Crippen LogP contribution in [0.4, 0.5) is 5.82 Å². The van der Waals surface area contributed by atoms with E-state index in [9.17, 15) is 0 Å². The van der Waals surface area contributed by atoms with Crippen LogP contribution in [-0.4, -0.2) is 31.3 Å². The van der Waals surface area contributed by atoms with Gasteiger partial charge in [0, 0.05) is 25.6 Å². The third-order valence-corrected chi connectivity index (χ3v) is 3.09. The first-order valence-corrected chi connectivity index (χ1v) is 5.50. The van der Waals surface area contributed by atoms with Crippen molar-refractivity contribution in [1.82, 2.24) is 4.98 Å². The zero-order chi connectivity index (χ0) is 11.0. The van der Waals surface area contributed by atoms with E-state index in [1.54, 1.807) is 7.11 Å². The molecule has 82 valence electrons. The Morgan fingerprint density at radius 3 is 2.81 bits per heavy atom. The average Bonchev–Trinajstić information content (AvgIpc) is 2.27. The molecular weight excluding hydrogens is 200 g/mol. The number of aromatic nitrogens is 1. The van der Waals surface area contributed by atoms with Crippen LogP contribution in [0.2, 0.25) is 0 Å². The lowest BCUT2D eigenvalue weighted by Crippen LogP contribution is -2.52. The molecule has 0 N–H and O–H groups in total. The summed E-state index contributed by atoms with van der Waals surface area (Å²) in [6, 6.07) is 12.4. The molecule has 0 bridgehead atoms. The normalized spacial score (nSPS) is 16.4. The SMILES string of the molecule is COC1CN(c2ccc3ccccc3n2)C1. The Morgan fingerprint density at radius 1 is 1.19 bits per heavy atom. The van der Waals surface area contributed by atoms with Crippen LogP contribution >= 0.6 is 0 Å². The second-order valence-corrected chi connectivity index (χ2v) is 4.12. The number of para-hydroxylation sites is 1. The molecule has 1 aromatic heterocycles. The maximum atomic E-state index is 5.26. The number of anilines is 1. The average molecular weight is 214 g/mol. The quantitative estimate of drug-likeness (QED) is 0.765. The van der Waals surface area contributed by atoms with Gasteiger partial charge in [0.1, 0.15) is 5.82 Å². The number of ether oxygens (including phenoxy) is 1. The number of methoxy groups -OCH3 is 1. The van der Waals surface area contributed by atoms with Gasteiger partial charge in [0.25, 0.3) is 0 Å². The minimum atomic E-state index is 0.369. The summed E-state index contributed by atoms with van der Waals surface area (Å²) in [5, 5.41) is 1.19. The lowest BCUT2D eigenvalue weighted by atomic mass is 10.1. The van der Waals surface area contributed by atoms with Gasteiger partial charge in [-0.25, -0.2) is 4.98 Å². The van der Waals surface area contributed by atoms with Crippen molar-refractivity contribution in [2.75, 3.05) is 25.1 Å². The smallest absolute Gasteiger partial charge is 0.129 e. The van der Waals surface area contributed by atoms with Crippen molar-refractivity contribution < 1.29 is 4.74 Å². The molecule has 0 aliphatic carbocycles. The Balaban J connectivity index is 1.89. The first kappa shape index (κ1) is 9.60. The van der Waals surface area contributed by atoms with Crippen LogP contribution in [-0.2, 0) is 4.74 Å². The van der Waals surface area contributed by atoms with E-state index in [2.05, 4.69) is 28.1 Å². The highest BCUT2D eigenvalue weighted by atomic mass is 16.5. The van der Waals surface area contributed by atoms with E-state index in [0.29, 0.717) is 6.10 Å². The van der Waals surface area contributed by atoms with Gasteiger partial charge in [-0.2, -0.15) is 0 Å². The van der Waals surface area contributed by atoms with Gasteiger partial charge < -0.3 is 9.64 Å². The summed E-state index contributed by atoms with van der Waals surface area (Å²) in [6.45, 7) is 1.89. The van der Waals surface area contributed by atoms with Crippen molar-refractivity contribution in [2.45, 2.75) is 6.10 Å². The lowest BCUT2D eigenvalue weighted by Gasteiger charge is -2.39. The fourth-order valence-electron chi connectivity index (χ4n) is 2.01. The Labute approximate surface area is 94.7 Å². The molecule has 1 aliphatic rings. The number of benzene rings is 1. The standard InChI is InChI=1S/C13H14N2O/c1-16-11-8-15(9-11)13-7-6-10-4-2-3-5-12(10)14-13/h2-7,11H,8-9H2,1H3. The zero-order valence-corrected chi connectivity index (χ0v) is 9.26. The summed E-state index contributed by atoms with van der Waals surface area (Å²) in [7, 11) is 1.76. The van der Waals surface area contributed by atoms with E-state index in [-0.39, 0.29) is 0 Å². The summed E-state index contributed by atoms with van der Waals surface area (Å²) in [5.41, 5.74) is 1.06. The number of hydrogen-bond donors (Lipinski definition) is 0. The predicted molar refractivity (Wildman–Crippen MR) is 64.8 cm³/mol. The molecule has 2 aromatic rings. The van der Waals surface area contributed by atoms with Gasteiger partial charge in [0.15, 0.2) is 0 Å². The third kappa shape index (κ3) is 1.53. The molecule has 1 aromatic carbocycles. The molecule has 16 heavy (non-hydrogen) atoms. The van der Waals surface area contributed by atoms with E-state index in [0.717, 1.165) is 24.4 Å². The van der Waals surface area contributed by atoms with E-state index >= 15 is 0 Å². The number of hydrogen-bond acceptors (Lipinski definition) is 3. The van der Waals surface area contributed by atoms with Crippen LogP contribution in [0.1, 0.15) is 0 Å². The van der Waals surface area contributed by atoms with Crippen molar-refractivity contribution in [3.63, 3.8) is 0 Å². The van der Waals surface area contributed by atoms with Gasteiger partial charge in [0.05, 0.1) is 11.6 Å². The van der Waals surface area contributed by atoms with Gasteiger partial charge in [-0.05, 0) is 18.2 Å². The van der Waals surface area contributed by atoms with Gasteiger partial charge >= 0.3 is 0 Å². The van der Waals surface area contributed by atoms with E-state index in [1.807, 2.05) is 18.2 Å². The molecule has 0 atom stereocenters. The van der Waals surface area contributed by atoms with E-state index in [1.165, 1.54) is 5.39 Å². The lowest BCUT2D eigenvalue weighted by molar-refractivity contribution is 0.0783. The Morgan fingerprint density at radius 2 is 2.00 bits per heavy atom. The van der Waals surface area contributed by atoms with Crippen LogP contribution in [0.15, 0.2) is 36.4 Å². The van der Waals surface area contributed by atoms with Gasteiger partial charge in [-0.3, -0.25) is 0 Å². The largest absolute Gasteiger partial charge is 0.378 e. The maximum absolute atomic E-state index is 5.26. The molecular formula is C13H14N2O. The molecule has 0 radical (unpaired) electrons. The zero-order valence-electron chi connectivity index (χ0n) is 9.26. The molecule has 3 heteroatoms. The molecule has 0 amide bonds. The van der Waals surface area contributed by atoms with Crippen LogP contribution in [0.3, 0.4) is 0 Å². The van der Waals surface area contributed by atoms with Crippen molar-refractivity contribution in [3.05, 3.63) is 36.4 Å². The Kier molecular flexibility index (Phi) is 2.26. The fourth-order valence-corrected chi connectivity index (χ4v) is 2.01. The highest BCUT2D eigenvalue weighted by Crippen LogP contribution is 2.22. The molecule has 0 spiro atoms. The number of pyridine rings is 1. The Bertz CT molecular complexity index is 506. The van der Waals surface area contributed by atoms with Crippen LogP contribution in [0.5, 0.6) is 0 Å². The third-order valence-electron chi connectivity index (χ3n) is 3.09. The van der Waals surface area contributed by atoms with Crippen LogP contribution in [0.25, 0.3) is 10.9 Å². The minimum absolute atomic E-state index is 0.369. The highest BCUT2D eigenvalue weighted by molar-refractivity contribution is 5.80. The molecule has 3 nitrogen and oxygen atoms in total. The molecule has 1 saturated heterocycles. The van der Waals surface area contributed by atoms with Crippen molar-refractivity contribution in [1.29, 1.82) is 0 Å². The van der Waals surface area contributed by atoms with Crippen molar-refractivity contribution in [3.8, 4) is 0 Å². The van der Waals surface area contributed by atoms with E-state index < -0.39 is 0 Å². The summed E-state index contributed by atoms with van der Waals surface area (Å²) >= 11 is 0. The van der Waals surface area contributed by atoms with Gasteiger partial charge in [0.2, 0.25) is 0 Å². The Hall–Kier alpha value is -1.61. The fraction of sp³-hybridized carbons (Fsp3) is 0.308. The molecule has 0 saturated carbocycles. The van der Waals surface area contributed by atoms with Gasteiger partial charge in [-0.1, -0.05) is 18.2 Å². The maximum Gasteiger partial charge on any atom is 0.129 e. The summed E-state index contributed by atoms with van der Waals surface area (Å²) in [5.74, 6) is 1.05. The minimum Gasteiger partial charge on any atom is -0.378 e. The number of fused-ring (bicyclic) bond motifs is 1. The molecule has 2 heterocycles. The second-order valence-electron chi connectivity index (χ2n) is 4.12. The summed E-state index contributed by atoms with van der Waals surface area (Å²) in [6.07, 6.45) is 0.369. The van der Waals surface area contributed by atoms with Crippen LogP contribution in [0, 0.1) is 0 Å². The van der Waals surface area contributed by atoms with Crippen LogP contribution < -0.4 is 4.90 Å². The monoisotopic (exact) mass is 214 g/mol. The highest BCUT2D eigenvalue weighted by Gasteiger charge is 2.27. The molecule has 0 unspecified atom stereocenters. The molecule has 1 fully saturated rings. The predicted octanol–water partition coefficient (Wildman–Crippen LogP) is 2.07. The topological polar surface area (TPSA) is 25.4 Å². The van der Waals surface area contributed by atoms with E-state index in [4.69, 9.17) is 4.74 Å². The molecule has 1 aliphatic heterocycles. The molecule has 3 rings (SSSR count).